The van der Waals surface area contributed by atoms with Gasteiger partial charge in [0.05, 0.1) is 0 Å². The molecular weight excluding hydrogens is 283 g/mol. The molecule has 0 atom stereocenters. The van der Waals surface area contributed by atoms with Crippen molar-refractivity contribution in [3.05, 3.63) is 45.7 Å². The normalized spacial score (nSPS) is 15.5. The van der Waals surface area contributed by atoms with Crippen LogP contribution in [0.5, 0.6) is 0 Å². The first-order chi connectivity index (χ1) is 8.16. The number of carbonyl (C=O) groups is 1. The Morgan fingerprint density at radius 1 is 1.35 bits per heavy atom. The molecule has 1 nitrogen and oxygen atoms in total. The Kier molecular flexibility index (Phi) is 4.11. The highest BCUT2D eigenvalue weighted by molar-refractivity contribution is 9.10. The highest BCUT2D eigenvalue weighted by Gasteiger charge is 2.14. The van der Waals surface area contributed by atoms with Gasteiger partial charge in [0.25, 0.3) is 0 Å². The molecule has 0 N–H and O–H groups in total. The number of rotatable bonds is 3. The minimum atomic E-state index is -0.316. The smallest absolute Gasteiger partial charge is 0.163 e. The number of benzene rings is 1. The van der Waals surface area contributed by atoms with Gasteiger partial charge in [-0.3, -0.25) is 4.79 Å². The predicted molar refractivity (Wildman–Crippen MR) is 69.4 cm³/mol. The zero-order chi connectivity index (χ0) is 12.3. The van der Waals surface area contributed by atoms with Gasteiger partial charge in [0, 0.05) is 10.9 Å². The van der Waals surface area contributed by atoms with Crippen LogP contribution in [0.4, 0.5) is 4.39 Å². The Balaban J connectivity index is 2.10. The summed E-state index contributed by atoms with van der Waals surface area (Å²) in [6, 6.07) is 4.83. The molecule has 17 heavy (non-hydrogen) atoms. The SMILES string of the molecule is O=C(Cc1ccc(Br)cc1F)C1=CCCCC1. The van der Waals surface area contributed by atoms with Crippen molar-refractivity contribution in [2.75, 3.05) is 0 Å². The van der Waals surface area contributed by atoms with Gasteiger partial charge in [-0.2, -0.15) is 0 Å². The second-order valence-corrected chi connectivity index (χ2v) is 5.23. The number of ketones is 1. The van der Waals surface area contributed by atoms with Crippen molar-refractivity contribution in [1.29, 1.82) is 0 Å². The summed E-state index contributed by atoms with van der Waals surface area (Å²) in [7, 11) is 0. The molecule has 0 saturated carbocycles. The molecule has 0 aromatic heterocycles. The van der Waals surface area contributed by atoms with E-state index in [4.69, 9.17) is 0 Å². The fourth-order valence-electron chi connectivity index (χ4n) is 2.04. The second-order valence-electron chi connectivity index (χ2n) is 4.31. The third-order valence-electron chi connectivity index (χ3n) is 3.02. The van der Waals surface area contributed by atoms with E-state index in [1.165, 1.54) is 6.07 Å². The summed E-state index contributed by atoms with van der Waals surface area (Å²) >= 11 is 3.20. The van der Waals surface area contributed by atoms with Crippen LogP contribution in [0, 0.1) is 5.82 Å². The molecule has 0 unspecified atom stereocenters. The molecule has 0 fully saturated rings. The summed E-state index contributed by atoms with van der Waals surface area (Å²) in [5, 5.41) is 0. The van der Waals surface area contributed by atoms with Gasteiger partial charge in [0.15, 0.2) is 5.78 Å². The summed E-state index contributed by atoms with van der Waals surface area (Å²) in [4.78, 5) is 12.0. The van der Waals surface area contributed by atoms with Crippen LogP contribution in [0.2, 0.25) is 0 Å². The maximum absolute atomic E-state index is 13.6. The number of carbonyl (C=O) groups excluding carboxylic acids is 1. The lowest BCUT2D eigenvalue weighted by Crippen LogP contribution is -2.10. The molecule has 0 radical (unpaired) electrons. The average Bonchev–Trinajstić information content (AvgIpc) is 2.34. The van der Waals surface area contributed by atoms with Gasteiger partial charge in [0.1, 0.15) is 5.82 Å². The first kappa shape index (κ1) is 12.5. The highest BCUT2D eigenvalue weighted by atomic mass is 79.9. The lowest BCUT2D eigenvalue weighted by molar-refractivity contribution is -0.115. The lowest BCUT2D eigenvalue weighted by Gasteiger charge is -2.11. The molecule has 0 bridgehead atoms. The van der Waals surface area contributed by atoms with Gasteiger partial charge >= 0.3 is 0 Å². The van der Waals surface area contributed by atoms with E-state index in [2.05, 4.69) is 15.9 Å². The van der Waals surface area contributed by atoms with Gasteiger partial charge in [-0.1, -0.05) is 28.1 Å². The van der Waals surface area contributed by atoms with E-state index in [9.17, 15) is 9.18 Å². The van der Waals surface area contributed by atoms with Gasteiger partial charge in [-0.15, -0.1) is 0 Å². The molecule has 0 heterocycles. The number of allylic oxidation sites excluding steroid dienone is 2. The van der Waals surface area contributed by atoms with Gasteiger partial charge < -0.3 is 0 Å². The largest absolute Gasteiger partial charge is 0.294 e. The molecule has 0 spiro atoms. The fourth-order valence-corrected chi connectivity index (χ4v) is 2.38. The van der Waals surface area contributed by atoms with Crippen LogP contribution in [0.15, 0.2) is 34.3 Å². The van der Waals surface area contributed by atoms with Crippen LogP contribution in [-0.2, 0) is 11.2 Å². The fraction of sp³-hybridized carbons (Fsp3) is 0.357. The van der Waals surface area contributed by atoms with Crippen molar-refractivity contribution in [2.24, 2.45) is 0 Å². The second kappa shape index (κ2) is 5.58. The van der Waals surface area contributed by atoms with E-state index in [-0.39, 0.29) is 18.0 Å². The molecule has 1 aromatic rings. The van der Waals surface area contributed by atoms with E-state index in [0.29, 0.717) is 10.0 Å². The monoisotopic (exact) mass is 296 g/mol. The van der Waals surface area contributed by atoms with Crippen LogP contribution < -0.4 is 0 Å². The summed E-state index contributed by atoms with van der Waals surface area (Å²) < 4.78 is 14.3. The quantitative estimate of drug-likeness (QED) is 0.817. The number of hydrogen-bond donors (Lipinski definition) is 0. The summed E-state index contributed by atoms with van der Waals surface area (Å²) in [5.74, 6) is -0.255. The minimum absolute atomic E-state index is 0.0610. The van der Waals surface area contributed by atoms with Crippen molar-refractivity contribution >= 4 is 21.7 Å². The molecular formula is C14H14BrFO. The van der Waals surface area contributed by atoms with E-state index in [0.717, 1.165) is 31.3 Å². The Morgan fingerprint density at radius 3 is 2.82 bits per heavy atom. The maximum Gasteiger partial charge on any atom is 0.163 e. The molecule has 1 aliphatic carbocycles. The zero-order valence-corrected chi connectivity index (χ0v) is 11.1. The maximum atomic E-state index is 13.6. The Hall–Kier alpha value is -0.960. The Labute approximate surface area is 109 Å². The summed E-state index contributed by atoms with van der Waals surface area (Å²) in [5.41, 5.74) is 1.35. The van der Waals surface area contributed by atoms with E-state index >= 15 is 0 Å². The first-order valence-electron chi connectivity index (χ1n) is 5.83. The number of hydrogen-bond acceptors (Lipinski definition) is 1. The van der Waals surface area contributed by atoms with Gasteiger partial charge in [-0.05, 0) is 49.0 Å². The number of Topliss-reactive ketones (excluding diaryl/α,β-unsaturated/α-hetero) is 1. The van der Waals surface area contributed by atoms with Crippen LogP contribution in [0.25, 0.3) is 0 Å². The minimum Gasteiger partial charge on any atom is -0.294 e. The Morgan fingerprint density at radius 2 is 2.18 bits per heavy atom. The first-order valence-corrected chi connectivity index (χ1v) is 6.62. The topological polar surface area (TPSA) is 17.1 Å². The predicted octanol–water partition coefficient (Wildman–Crippen LogP) is 4.20. The third kappa shape index (κ3) is 3.25. The Bertz CT molecular complexity index is 465. The molecule has 1 aliphatic rings. The van der Waals surface area contributed by atoms with Crippen molar-refractivity contribution in [2.45, 2.75) is 32.1 Å². The van der Waals surface area contributed by atoms with Gasteiger partial charge in [-0.25, -0.2) is 4.39 Å². The molecule has 0 amide bonds. The van der Waals surface area contributed by atoms with E-state index in [1.807, 2.05) is 6.08 Å². The van der Waals surface area contributed by atoms with Crippen molar-refractivity contribution in [1.82, 2.24) is 0 Å². The standard InChI is InChI=1S/C14H14BrFO/c15-12-7-6-11(13(16)9-12)8-14(17)10-4-2-1-3-5-10/h4,6-7,9H,1-3,5,8H2. The van der Waals surface area contributed by atoms with Crippen molar-refractivity contribution in [3.63, 3.8) is 0 Å². The average molecular weight is 297 g/mol. The van der Waals surface area contributed by atoms with Crippen LogP contribution in [0.3, 0.4) is 0 Å². The molecule has 3 heteroatoms. The molecule has 0 saturated heterocycles. The van der Waals surface area contributed by atoms with E-state index < -0.39 is 0 Å². The zero-order valence-electron chi connectivity index (χ0n) is 9.51. The van der Waals surface area contributed by atoms with Crippen molar-refractivity contribution in [3.8, 4) is 0 Å². The lowest BCUT2D eigenvalue weighted by atomic mass is 9.93. The van der Waals surface area contributed by atoms with Crippen molar-refractivity contribution < 1.29 is 9.18 Å². The number of halogens is 2. The molecule has 0 aliphatic heterocycles. The molecule has 1 aromatic carbocycles. The van der Waals surface area contributed by atoms with Crippen LogP contribution in [-0.4, -0.2) is 5.78 Å². The molecule has 2 rings (SSSR count). The third-order valence-corrected chi connectivity index (χ3v) is 3.51. The summed E-state index contributed by atoms with van der Waals surface area (Å²) in [6.45, 7) is 0. The highest BCUT2D eigenvalue weighted by Crippen LogP contribution is 2.21. The van der Waals surface area contributed by atoms with Crippen LogP contribution in [0.1, 0.15) is 31.2 Å². The summed E-state index contributed by atoms with van der Waals surface area (Å²) in [6.07, 6.45) is 6.22. The molecule has 90 valence electrons. The van der Waals surface area contributed by atoms with E-state index in [1.54, 1.807) is 12.1 Å². The van der Waals surface area contributed by atoms with Gasteiger partial charge in [0.2, 0.25) is 0 Å². The van der Waals surface area contributed by atoms with Crippen LogP contribution >= 0.6 is 15.9 Å².